The maximum atomic E-state index is 8.53. The van der Waals surface area contributed by atoms with Gasteiger partial charge in [0.05, 0.1) is 31.8 Å². The molecule has 0 bridgehead atoms. The van der Waals surface area contributed by atoms with Crippen LogP contribution in [0.2, 0.25) is 0 Å². The number of hydrogen-bond acceptors (Lipinski definition) is 3. The van der Waals surface area contributed by atoms with Crippen molar-refractivity contribution in [3.63, 3.8) is 0 Å². The van der Waals surface area contributed by atoms with E-state index in [2.05, 4.69) is 11.2 Å². The van der Waals surface area contributed by atoms with Crippen LogP contribution < -0.4 is 4.74 Å². The summed E-state index contributed by atoms with van der Waals surface area (Å²) in [5, 5.41) is 12.8. The first kappa shape index (κ1) is 12.2. The molecule has 0 amide bonds. The number of ether oxygens (including phenoxy) is 1. The van der Waals surface area contributed by atoms with E-state index in [0.717, 1.165) is 16.9 Å². The summed E-state index contributed by atoms with van der Waals surface area (Å²) in [6.07, 6.45) is 4.24. The summed E-state index contributed by atoms with van der Waals surface area (Å²) in [6.45, 7) is 3.27. The SMILES string of the molecule is CCOc1ccc(-c2cnn(CCC#N)c2)cc1. The van der Waals surface area contributed by atoms with Crippen molar-refractivity contribution in [2.75, 3.05) is 6.61 Å². The van der Waals surface area contributed by atoms with E-state index in [0.29, 0.717) is 19.6 Å². The summed E-state index contributed by atoms with van der Waals surface area (Å²) in [7, 11) is 0. The standard InChI is InChI=1S/C14H15N3O/c1-2-18-14-6-4-12(5-7-14)13-10-16-17(11-13)9-3-8-15/h4-7,10-11H,2-3,9H2,1H3. The highest BCUT2D eigenvalue weighted by Gasteiger charge is 2.02. The average molecular weight is 241 g/mol. The third-order valence-electron chi connectivity index (χ3n) is 2.58. The Balaban J connectivity index is 2.11. The molecule has 4 heteroatoms. The molecule has 2 rings (SSSR count). The van der Waals surface area contributed by atoms with E-state index >= 15 is 0 Å². The number of benzene rings is 1. The predicted octanol–water partition coefficient (Wildman–Crippen LogP) is 2.86. The summed E-state index contributed by atoms with van der Waals surface area (Å²) in [5.41, 5.74) is 2.15. The number of nitrogens with zero attached hydrogens (tertiary/aromatic N) is 3. The number of aryl methyl sites for hydroxylation is 1. The topological polar surface area (TPSA) is 50.8 Å². The molecule has 2 aromatic rings. The van der Waals surface area contributed by atoms with Crippen LogP contribution in [0.1, 0.15) is 13.3 Å². The molecular formula is C14H15N3O. The van der Waals surface area contributed by atoms with Crippen LogP contribution in [-0.4, -0.2) is 16.4 Å². The fourth-order valence-corrected chi connectivity index (χ4v) is 1.71. The van der Waals surface area contributed by atoms with Gasteiger partial charge in [-0.1, -0.05) is 12.1 Å². The third kappa shape index (κ3) is 2.89. The Morgan fingerprint density at radius 3 is 2.72 bits per heavy atom. The van der Waals surface area contributed by atoms with Crippen LogP contribution in [0.3, 0.4) is 0 Å². The van der Waals surface area contributed by atoms with Gasteiger partial charge in [0.25, 0.3) is 0 Å². The number of aromatic nitrogens is 2. The first-order valence-electron chi connectivity index (χ1n) is 5.96. The Labute approximate surface area is 106 Å². The van der Waals surface area contributed by atoms with Crippen LogP contribution in [-0.2, 0) is 6.54 Å². The van der Waals surface area contributed by atoms with Crippen LogP contribution >= 0.6 is 0 Å². The van der Waals surface area contributed by atoms with Crippen molar-refractivity contribution in [1.82, 2.24) is 9.78 Å². The lowest BCUT2D eigenvalue weighted by Gasteiger charge is -2.03. The van der Waals surface area contributed by atoms with Crippen molar-refractivity contribution in [2.24, 2.45) is 0 Å². The van der Waals surface area contributed by atoms with E-state index in [1.807, 2.05) is 43.6 Å². The van der Waals surface area contributed by atoms with E-state index in [-0.39, 0.29) is 0 Å². The molecule has 0 aliphatic rings. The summed E-state index contributed by atoms with van der Waals surface area (Å²) >= 11 is 0. The second kappa shape index (κ2) is 5.87. The molecule has 1 aromatic heterocycles. The van der Waals surface area contributed by atoms with Gasteiger partial charge in [0.15, 0.2) is 0 Å². The first-order valence-corrected chi connectivity index (χ1v) is 5.96. The van der Waals surface area contributed by atoms with Crippen LogP contribution in [0.5, 0.6) is 5.75 Å². The van der Waals surface area contributed by atoms with Crippen LogP contribution in [0.4, 0.5) is 0 Å². The van der Waals surface area contributed by atoms with Crippen molar-refractivity contribution in [3.05, 3.63) is 36.7 Å². The summed E-state index contributed by atoms with van der Waals surface area (Å²) < 4.78 is 7.18. The van der Waals surface area contributed by atoms with Crippen LogP contribution in [0.25, 0.3) is 11.1 Å². The second-order valence-corrected chi connectivity index (χ2v) is 3.86. The molecule has 0 aliphatic heterocycles. The molecule has 0 unspecified atom stereocenters. The van der Waals surface area contributed by atoms with Gasteiger partial charge in [-0.2, -0.15) is 10.4 Å². The zero-order valence-corrected chi connectivity index (χ0v) is 10.3. The third-order valence-corrected chi connectivity index (χ3v) is 2.58. The second-order valence-electron chi connectivity index (χ2n) is 3.86. The molecular weight excluding hydrogens is 226 g/mol. The maximum Gasteiger partial charge on any atom is 0.119 e. The van der Waals surface area contributed by atoms with Gasteiger partial charge in [-0.05, 0) is 24.6 Å². The minimum Gasteiger partial charge on any atom is -0.494 e. The molecule has 92 valence electrons. The van der Waals surface area contributed by atoms with E-state index in [1.165, 1.54) is 0 Å². The van der Waals surface area contributed by atoms with Crippen molar-refractivity contribution in [3.8, 4) is 22.9 Å². The molecule has 1 aromatic carbocycles. The van der Waals surface area contributed by atoms with Crippen molar-refractivity contribution >= 4 is 0 Å². The van der Waals surface area contributed by atoms with Gasteiger partial charge in [-0.3, -0.25) is 4.68 Å². The fourth-order valence-electron chi connectivity index (χ4n) is 1.71. The van der Waals surface area contributed by atoms with Gasteiger partial charge in [0.1, 0.15) is 5.75 Å². The normalized spacial score (nSPS) is 10.0. The van der Waals surface area contributed by atoms with Gasteiger partial charge >= 0.3 is 0 Å². The molecule has 0 aliphatic carbocycles. The highest BCUT2D eigenvalue weighted by Crippen LogP contribution is 2.21. The average Bonchev–Trinajstić information content (AvgIpc) is 2.86. The Morgan fingerprint density at radius 1 is 1.28 bits per heavy atom. The van der Waals surface area contributed by atoms with Gasteiger partial charge in [0.2, 0.25) is 0 Å². The molecule has 1 heterocycles. The number of nitriles is 1. The molecule has 4 nitrogen and oxygen atoms in total. The lowest BCUT2D eigenvalue weighted by atomic mass is 10.1. The molecule has 18 heavy (non-hydrogen) atoms. The maximum absolute atomic E-state index is 8.53. The quantitative estimate of drug-likeness (QED) is 0.808. The summed E-state index contributed by atoms with van der Waals surface area (Å²) in [5.74, 6) is 0.873. The fraction of sp³-hybridized carbons (Fsp3) is 0.286. The van der Waals surface area contributed by atoms with Gasteiger partial charge in [-0.15, -0.1) is 0 Å². The van der Waals surface area contributed by atoms with Gasteiger partial charge < -0.3 is 4.74 Å². The van der Waals surface area contributed by atoms with Gasteiger partial charge in [0, 0.05) is 11.8 Å². The monoisotopic (exact) mass is 241 g/mol. The summed E-state index contributed by atoms with van der Waals surface area (Å²) in [4.78, 5) is 0. The Hall–Kier alpha value is -2.28. The lowest BCUT2D eigenvalue weighted by Crippen LogP contribution is -1.96. The first-order chi connectivity index (χ1) is 8.83. The molecule has 0 spiro atoms. The predicted molar refractivity (Wildman–Crippen MR) is 69.1 cm³/mol. The minimum absolute atomic E-state index is 0.477. The minimum atomic E-state index is 0.477. The number of hydrogen-bond donors (Lipinski definition) is 0. The highest BCUT2D eigenvalue weighted by molar-refractivity contribution is 5.62. The molecule has 0 saturated heterocycles. The molecule has 0 radical (unpaired) electrons. The Kier molecular flexibility index (Phi) is 3.98. The van der Waals surface area contributed by atoms with Crippen LogP contribution in [0, 0.1) is 11.3 Å². The van der Waals surface area contributed by atoms with Crippen molar-refractivity contribution in [1.29, 1.82) is 5.26 Å². The zero-order chi connectivity index (χ0) is 12.8. The number of rotatable bonds is 5. The largest absolute Gasteiger partial charge is 0.494 e. The Bertz CT molecular complexity index is 537. The van der Waals surface area contributed by atoms with Crippen LogP contribution in [0.15, 0.2) is 36.7 Å². The molecule has 0 saturated carbocycles. The molecule has 0 N–H and O–H groups in total. The molecule has 0 fully saturated rings. The Morgan fingerprint density at radius 2 is 2.06 bits per heavy atom. The highest BCUT2D eigenvalue weighted by atomic mass is 16.5. The van der Waals surface area contributed by atoms with E-state index in [4.69, 9.17) is 10.00 Å². The zero-order valence-electron chi connectivity index (χ0n) is 10.3. The summed E-state index contributed by atoms with van der Waals surface area (Å²) in [6, 6.07) is 10.0. The molecule has 0 atom stereocenters. The van der Waals surface area contributed by atoms with E-state index in [9.17, 15) is 0 Å². The van der Waals surface area contributed by atoms with Crippen molar-refractivity contribution < 1.29 is 4.74 Å². The van der Waals surface area contributed by atoms with Gasteiger partial charge in [-0.25, -0.2) is 0 Å². The van der Waals surface area contributed by atoms with E-state index < -0.39 is 0 Å². The smallest absolute Gasteiger partial charge is 0.119 e. The van der Waals surface area contributed by atoms with E-state index in [1.54, 1.807) is 4.68 Å². The van der Waals surface area contributed by atoms with Crippen molar-refractivity contribution in [2.45, 2.75) is 19.9 Å². The lowest BCUT2D eigenvalue weighted by molar-refractivity contribution is 0.340.